The summed E-state index contributed by atoms with van der Waals surface area (Å²) in [7, 11) is 0. The summed E-state index contributed by atoms with van der Waals surface area (Å²) in [5, 5.41) is 21.7. The van der Waals surface area contributed by atoms with Gasteiger partial charge in [-0.05, 0) is 17.7 Å². The molecule has 1 amide bonds. The lowest BCUT2D eigenvalue weighted by atomic mass is 9.99. The summed E-state index contributed by atoms with van der Waals surface area (Å²) in [6.07, 6.45) is -1.06. The summed E-state index contributed by atoms with van der Waals surface area (Å²) in [4.78, 5) is 27.4. The molecule has 2 aliphatic heterocycles. The minimum Gasteiger partial charge on any atom is -0.480 e. The van der Waals surface area contributed by atoms with Gasteiger partial charge in [-0.3, -0.25) is 4.90 Å². The maximum atomic E-state index is 11.2. The number of hydrogen-bond donors (Lipinski definition) is 3. The molecular formula is C14H16ClN3O5. The maximum absolute atomic E-state index is 11.2. The molecule has 0 saturated carbocycles. The molecule has 124 valence electrons. The zero-order chi connectivity index (χ0) is 16.6. The fourth-order valence-corrected chi connectivity index (χ4v) is 3.07. The number of ether oxygens (including phenoxy) is 1. The second-order valence-electron chi connectivity index (χ2n) is 5.71. The topological polar surface area (TPSA) is 112 Å². The third-order valence-corrected chi connectivity index (χ3v) is 4.30. The van der Waals surface area contributed by atoms with Crippen molar-refractivity contribution in [2.24, 2.45) is 0 Å². The predicted molar refractivity (Wildman–Crippen MR) is 81.0 cm³/mol. The van der Waals surface area contributed by atoms with Gasteiger partial charge in [0, 0.05) is 24.9 Å². The number of halogens is 1. The van der Waals surface area contributed by atoms with Crippen molar-refractivity contribution in [2.45, 2.75) is 24.4 Å². The van der Waals surface area contributed by atoms with Gasteiger partial charge in [-0.15, -0.1) is 0 Å². The average molecular weight is 342 g/mol. The third kappa shape index (κ3) is 3.32. The molecule has 0 unspecified atom stereocenters. The number of carboxylic acid groups (broad SMARTS) is 2. The van der Waals surface area contributed by atoms with Crippen molar-refractivity contribution >= 4 is 29.5 Å². The Bertz CT molecular complexity index is 615. The number of anilines is 1. The van der Waals surface area contributed by atoms with Gasteiger partial charge in [0.25, 0.3) is 0 Å². The highest BCUT2D eigenvalue weighted by Gasteiger charge is 2.40. The summed E-state index contributed by atoms with van der Waals surface area (Å²) >= 11 is 6.03. The molecule has 3 heterocycles. The molecule has 0 radical (unpaired) electrons. The summed E-state index contributed by atoms with van der Waals surface area (Å²) in [6, 6.07) is 2.24. The highest BCUT2D eigenvalue weighted by atomic mass is 35.5. The molecule has 1 aromatic heterocycles. The van der Waals surface area contributed by atoms with Crippen molar-refractivity contribution in [1.29, 1.82) is 0 Å². The highest BCUT2D eigenvalue weighted by molar-refractivity contribution is 6.29. The fraction of sp³-hybridized carbons (Fsp3) is 0.500. The van der Waals surface area contributed by atoms with Crippen molar-refractivity contribution in [2.75, 3.05) is 25.1 Å². The van der Waals surface area contributed by atoms with E-state index >= 15 is 0 Å². The Morgan fingerprint density at radius 2 is 2.09 bits per heavy atom. The lowest BCUT2D eigenvalue weighted by Gasteiger charge is -2.27. The van der Waals surface area contributed by atoms with Crippen LogP contribution >= 0.6 is 11.6 Å². The van der Waals surface area contributed by atoms with Crippen LogP contribution < -0.4 is 5.32 Å². The number of likely N-dealkylation sites (tertiary alicyclic amines) is 1. The number of amides is 1. The number of carbonyl (C=O) groups is 2. The molecule has 8 nitrogen and oxygen atoms in total. The number of aliphatic carboxylic acids is 1. The maximum Gasteiger partial charge on any atom is 0.408 e. The van der Waals surface area contributed by atoms with Gasteiger partial charge in [-0.2, -0.15) is 0 Å². The second-order valence-corrected chi connectivity index (χ2v) is 6.10. The van der Waals surface area contributed by atoms with Gasteiger partial charge in [-0.25, -0.2) is 14.6 Å². The van der Waals surface area contributed by atoms with Crippen molar-refractivity contribution < 1.29 is 24.5 Å². The highest BCUT2D eigenvalue weighted by Crippen LogP contribution is 2.29. The molecule has 3 rings (SSSR count). The van der Waals surface area contributed by atoms with Crippen LogP contribution in [0.3, 0.4) is 0 Å². The summed E-state index contributed by atoms with van der Waals surface area (Å²) in [5.74, 6) is -0.356. The van der Waals surface area contributed by atoms with E-state index in [4.69, 9.17) is 26.6 Å². The normalized spacial score (nSPS) is 24.3. The minimum absolute atomic E-state index is 0.0857. The predicted octanol–water partition coefficient (Wildman–Crippen LogP) is 1.47. The Hall–Kier alpha value is -2.06. The molecule has 2 aliphatic rings. The van der Waals surface area contributed by atoms with E-state index in [0.29, 0.717) is 24.2 Å². The number of hydrogen-bond acceptors (Lipinski definition) is 5. The molecule has 0 aromatic carbocycles. The van der Waals surface area contributed by atoms with Gasteiger partial charge >= 0.3 is 12.1 Å². The lowest BCUT2D eigenvalue weighted by Crippen LogP contribution is -2.39. The van der Waals surface area contributed by atoms with Crippen LogP contribution in [0.25, 0.3) is 0 Å². The van der Waals surface area contributed by atoms with Gasteiger partial charge in [0.05, 0.1) is 13.2 Å². The number of rotatable bonds is 4. The van der Waals surface area contributed by atoms with Crippen molar-refractivity contribution in [3.8, 4) is 0 Å². The zero-order valence-corrected chi connectivity index (χ0v) is 12.9. The summed E-state index contributed by atoms with van der Waals surface area (Å²) in [5.41, 5.74) is 1.00. The molecule has 3 N–H and O–H groups in total. The average Bonchev–Trinajstić information content (AvgIpc) is 2.80. The van der Waals surface area contributed by atoms with Crippen molar-refractivity contribution in [3.05, 3.63) is 22.8 Å². The first kappa shape index (κ1) is 15.8. The van der Waals surface area contributed by atoms with E-state index in [1.165, 1.54) is 0 Å². The largest absolute Gasteiger partial charge is 0.480 e. The van der Waals surface area contributed by atoms with Gasteiger partial charge in [0.15, 0.2) is 0 Å². The molecule has 2 fully saturated rings. The Morgan fingerprint density at radius 3 is 2.61 bits per heavy atom. The van der Waals surface area contributed by atoms with E-state index in [0.717, 1.165) is 10.5 Å². The zero-order valence-electron chi connectivity index (χ0n) is 12.1. The molecule has 0 spiro atoms. The Labute approximate surface area is 137 Å². The van der Waals surface area contributed by atoms with Crippen LogP contribution in [0.2, 0.25) is 5.15 Å². The number of pyridine rings is 1. The Kier molecular flexibility index (Phi) is 4.27. The molecule has 0 aliphatic carbocycles. The van der Waals surface area contributed by atoms with E-state index in [1.54, 1.807) is 6.07 Å². The van der Waals surface area contributed by atoms with Gasteiger partial charge in [0.1, 0.15) is 17.0 Å². The van der Waals surface area contributed by atoms with Crippen LogP contribution in [0, 0.1) is 0 Å². The smallest absolute Gasteiger partial charge is 0.408 e. The van der Waals surface area contributed by atoms with Crippen LogP contribution in [-0.2, 0) is 9.53 Å². The molecule has 0 bridgehead atoms. The number of nitrogens with one attached hydrogen (secondary N) is 1. The van der Waals surface area contributed by atoms with E-state index in [2.05, 4.69) is 10.3 Å². The van der Waals surface area contributed by atoms with Crippen LogP contribution in [0.4, 0.5) is 10.6 Å². The molecule has 9 heteroatoms. The van der Waals surface area contributed by atoms with Gasteiger partial charge in [0.2, 0.25) is 0 Å². The van der Waals surface area contributed by atoms with E-state index in [1.807, 2.05) is 6.07 Å². The van der Waals surface area contributed by atoms with E-state index < -0.39 is 18.1 Å². The monoisotopic (exact) mass is 341 g/mol. The number of aromatic nitrogens is 1. The minimum atomic E-state index is -1.24. The molecule has 2 saturated heterocycles. The molecular weight excluding hydrogens is 326 g/mol. The van der Waals surface area contributed by atoms with Crippen LogP contribution in [0.5, 0.6) is 0 Å². The molecule has 2 atom stereocenters. The second kappa shape index (κ2) is 6.21. The van der Waals surface area contributed by atoms with Crippen LogP contribution in [0.1, 0.15) is 17.9 Å². The lowest BCUT2D eigenvalue weighted by molar-refractivity contribution is -0.141. The quantitative estimate of drug-likeness (QED) is 0.711. The summed E-state index contributed by atoms with van der Waals surface area (Å²) in [6.45, 7) is 1.36. The molecule has 23 heavy (non-hydrogen) atoms. The van der Waals surface area contributed by atoms with Gasteiger partial charge < -0.3 is 20.3 Å². The van der Waals surface area contributed by atoms with Gasteiger partial charge in [-0.1, -0.05) is 11.6 Å². The Balaban J connectivity index is 1.73. The van der Waals surface area contributed by atoms with E-state index in [9.17, 15) is 9.59 Å². The SMILES string of the molecule is O=C(O)[C@@H]1C[C@H](Nc2cc(C3COC3)cc(Cl)n2)CN1C(=O)O. The first-order valence-electron chi connectivity index (χ1n) is 7.18. The van der Waals surface area contributed by atoms with Crippen molar-refractivity contribution in [3.63, 3.8) is 0 Å². The fourth-order valence-electron chi connectivity index (χ4n) is 2.85. The number of carboxylic acids is 1. The first-order valence-corrected chi connectivity index (χ1v) is 7.56. The standard InChI is InChI=1S/C14H16ClN3O5/c15-11-1-7(8-5-23-6-8)2-12(17-11)16-9-3-10(13(19)20)18(4-9)14(21)22/h1-2,8-10H,3-6H2,(H,16,17)(H,19,20)(H,21,22)/t9-,10-/m0/s1. The first-order chi connectivity index (χ1) is 10.9. The van der Waals surface area contributed by atoms with Crippen molar-refractivity contribution in [1.82, 2.24) is 9.88 Å². The Morgan fingerprint density at radius 1 is 1.35 bits per heavy atom. The molecule has 1 aromatic rings. The summed E-state index contributed by atoms with van der Waals surface area (Å²) < 4.78 is 5.16. The third-order valence-electron chi connectivity index (χ3n) is 4.11. The van der Waals surface area contributed by atoms with Crippen LogP contribution in [-0.4, -0.2) is 64.0 Å². The van der Waals surface area contributed by atoms with E-state index in [-0.39, 0.29) is 24.9 Å². The van der Waals surface area contributed by atoms with Crippen LogP contribution in [0.15, 0.2) is 12.1 Å². The number of nitrogens with zero attached hydrogens (tertiary/aromatic N) is 2.